The molecule has 0 N–H and O–H groups in total. The third-order valence-electron chi connectivity index (χ3n) is 2.36. The van der Waals surface area contributed by atoms with Crippen molar-refractivity contribution in [2.45, 2.75) is 6.42 Å². The maximum atomic E-state index is 11.4. The minimum Gasteiger partial charge on any atom is -0.481 e. The number of ether oxygens (including phenoxy) is 1. The van der Waals surface area contributed by atoms with Crippen LogP contribution in [0.1, 0.15) is 6.42 Å². The molecule has 1 amide bonds. The number of carbonyl (C=O) groups excluding carboxylic acids is 2. The molecule has 2 rings (SSSR count). The first-order valence-corrected chi connectivity index (χ1v) is 4.56. The van der Waals surface area contributed by atoms with Crippen molar-refractivity contribution in [2.24, 2.45) is 7.05 Å². The lowest BCUT2D eigenvalue weighted by Gasteiger charge is -2.08. The van der Waals surface area contributed by atoms with E-state index in [1.165, 1.54) is 16.7 Å². The lowest BCUT2D eigenvalue weighted by atomic mass is 10.3. The van der Waals surface area contributed by atoms with Crippen LogP contribution in [0, 0.1) is 0 Å². The molecule has 1 aliphatic rings. The third-order valence-corrected chi connectivity index (χ3v) is 2.36. The number of aryl methyl sites for hydroxylation is 1. The molecule has 80 valence electrons. The SMILES string of the molecule is COc1cc(N2CCC(=O)C2=O)nn1C. The Labute approximate surface area is 86.4 Å². The highest BCUT2D eigenvalue weighted by Crippen LogP contribution is 2.22. The molecule has 6 nitrogen and oxygen atoms in total. The van der Waals surface area contributed by atoms with Crippen LogP contribution >= 0.6 is 0 Å². The maximum Gasteiger partial charge on any atom is 0.295 e. The highest BCUT2D eigenvalue weighted by Gasteiger charge is 2.32. The van der Waals surface area contributed by atoms with Crippen molar-refractivity contribution in [1.29, 1.82) is 0 Å². The first-order valence-electron chi connectivity index (χ1n) is 4.56. The molecule has 0 aromatic carbocycles. The Morgan fingerprint density at radius 2 is 2.20 bits per heavy atom. The number of hydrogen-bond acceptors (Lipinski definition) is 4. The van der Waals surface area contributed by atoms with Crippen LogP contribution in [-0.4, -0.2) is 35.1 Å². The molecule has 15 heavy (non-hydrogen) atoms. The van der Waals surface area contributed by atoms with Crippen LogP contribution in [-0.2, 0) is 16.6 Å². The molecular formula is C9H11N3O3. The van der Waals surface area contributed by atoms with E-state index in [2.05, 4.69) is 5.10 Å². The zero-order valence-corrected chi connectivity index (χ0v) is 8.56. The van der Waals surface area contributed by atoms with Crippen molar-refractivity contribution < 1.29 is 14.3 Å². The van der Waals surface area contributed by atoms with Gasteiger partial charge in [-0.15, -0.1) is 0 Å². The van der Waals surface area contributed by atoms with Crippen LogP contribution in [0.2, 0.25) is 0 Å². The fourth-order valence-corrected chi connectivity index (χ4v) is 1.55. The van der Waals surface area contributed by atoms with E-state index in [1.54, 1.807) is 13.1 Å². The molecule has 1 aliphatic heterocycles. The molecule has 1 aromatic rings. The molecule has 1 saturated heterocycles. The molecule has 0 spiro atoms. The number of hydrogen-bond donors (Lipinski definition) is 0. The van der Waals surface area contributed by atoms with Crippen LogP contribution in [0.3, 0.4) is 0 Å². The van der Waals surface area contributed by atoms with Crippen molar-refractivity contribution in [3.05, 3.63) is 6.07 Å². The van der Waals surface area contributed by atoms with E-state index >= 15 is 0 Å². The Bertz CT molecular complexity index is 424. The second kappa shape index (κ2) is 3.38. The summed E-state index contributed by atoms with van der Waals surface area (Å²) in [6, 6.07) is 1.64. The zero-order valence-electron chi connectivity index (χ0n) is 8.56. The van der Waals surface area contributed by atoms with Gasteiger partial charge < -0.3 is 4.74 Å². The second-order valence-corrected chi connectivity index (χ2v) is 3.30. The lowest BCUT2D eigenvalue weighted by Crippen LogP contribution is -2.27. The molecule has 0 saturated carbocycles. The molecule has 2 heterocycles. The summed E-state index contributed by atoms with van der Waals surface area (Å²) in [7, 11) is 3.24. The summed E-state index contributed by atoms with van der Waals surface area (Å²) in [6.07, 6.45) is 0.262. The summed E-state index contributed by atoms with van der Waals surface area (Å²) in [6.45, 7) is 0.401. The van der Waals surface area contributed by atoms with Crippen molar-refractivity contribution in [2.75, 3.05) is 18.6 Å². The predicted octanol–water partition coefficient (Wildman–Crippen LogP) is -0.266. The van der Waals surface area contributed by atoms with E-state index in [-0.39, 0.29) is 12.2 Å². The summed E-state index contributed by atoms with van der Waals surface area (Å²) in [5.41, 5.74) is 0. The number of ketones is 1. The normalized spacial score (nSPS) is 16.3. The summed E-state index contributed by atoms with van der Waals surface area (Å²) in [4.78, 5) is 23.8. The third kappa shape index (κ3) is 1.47. The highest BCUT2D eigenvalue weighted by atomic mass is 16.5. The monoisotopic (exact) mass is 209 g/mol. The molecule has 1 fully saturated rings. The molecular weight excluding hydrogens is 198 g/mol. The van der Waals surface area contributed by atoms with Crippen LogP contribution in [0.5, 0.6) is 5.88 Å². The first-order chi connectivity index (χ1) is 7.13. The van der Waals surface area contributed by atoms with Crippen molar-refractivity contribution in [1.82, 2.24) is 9.78 Å². The smallest absolute Gasteiger partial charge is 0.295 e. The van der Waals surface area contributed by atoms with Gasteiger partial charge in [-0.2, -0.15) is 5.10 Å². The van der Waals surface area contributed by atoms with E-state index in [0.29, 0.717) is 18.2 Å². The Kier molecular flexibility index (Phi) is 2.18. The standard InChI is InChI=1S/C9H11N3O3/c1-11-8(15-2)5-7(10-11)12-4-3-6(13)9(12)14/h5H,3-4H2,1-2H3. The molecule has 6 heteroatoms. The molecule has 0 unspecified atom stereocenters. The molecule has 0 bridgehead atoms. The van der Waals surface area contributed by atoms with Crippen LogP contribution < -0.4 is 9.64 Å². The van der Waals surface area contributed by atoms with Gasteiger partial charge in [0.2, 0.25) is 11.7 Å². The van der Waals surface area contributed by atoms with E-state index in [9.17, 15) is 9.59 Å². The summed E-state index contributed by atoms with van der Waals surface area (Å²) in [5, 5.41) is 4.09. The highest BCUT2D eigenvalue weighted by molar-refractivity contribution is 6.43. The molecule has 0 atom stereocenters. The van der Waals surface area contributed by atoms with Gasteiger partial charge in [0.05, 0.1) is 7.11 Å². The number of carbonyl (C=O) groups is 2. The maximum absolute atomic E-state index is 11.4. The van der Waals surface area contributed by atoms with Gasteiger partial charge in [0.25, 0.3) is 5.91 Å². The number of methoxy groups -OCH3 is 1. The summed E-state index contributed by atoms with van der Waals surface area (Å²) in [5.74, 6) is 0.165. The van der Waals surface area contributed by atoms with Gasteiger partial charge in [0, 0.05) is 26.1 Å². The van der Waals surface area contributed by atoms with Crippen molar-refractivity contribution >= 4 is 17.5 Å². The minimum atomic E-state index is -0.490. The van der Waals surface area contributed by atoms with E-state index in [1.807, 2.05) is 0 Å². The first kappa shape index (κ1) is 9.70. The number of amides is 1. The van der Waals surface area contributed by atoms with E-state index < -0.39 is 5.91 Å². The lowest BCUT2D eigenvalue weighted by molar-refractivity contribution is -0.133. The van der Waals surface area contributed by atoms with Gasteiger partial charge in [0.15, 0.2) is 5.82 Å². The van der Waals surface area contributed by atoms with Gasteiger partial charge in [-0.05, 0) is 0 Å². The average molecular weight is 209 g/mol. The molecule has 0 radical (unpaired) electrons. The number of nitrogens with zero attached hydrogens (tertiary/aromatic N) is 3. The topological polar surface area (TPSA) is 64.4 Å². The number of anilines is 1. The fourth-order valence-electron chi connectivity index (χ4n) is 1.55. The summed E-state index contributed by atoms with van der Waals surface area (Å²) < 4.78 is 6.54. The van der Waals surface area contributed by atoms with Crippen LogP contribution in [0.4, 0.5) is 5.82 Å². The Hall–Kier alpha value is -1.85. The van der Waals surface area contributed by atoms with Crippen LogP contribution in [0.25, 0.3) is 0 Å². The van der Waals surface area contributed by atoms with Gasteiger partial charge in [0.1, 0.15) is 0 Å². The van der Waals surface area contributed by atoms with Crippen molar-refractivity contribution in [3.63, 3.8) is 0 Å². The van der Waals surface area contributed by atoms with Gasteiger partial charge in [-0.3, -0.25) is 14.5 Å². The summed E-state index contributed by atoms with van der Waals surface area (Å²) >= 11 is 0. The average Bonchev–Trinajstić information content (AvgIpc) is 2.72. The Morgan fingerprint density at radius 1 is 1.47 bits per heavy atom. The fraction of sp³-hybridized carbons (Fsp3) is 0.444. The quantitative estimate of drug-likeness (QED) is 0.629. The van der Waals surface area contributed by atoms with E-state index in [0.717, 1.165) is 0 Å². The second-order valence-electron chi connectivity index (χ2n) is 3.30. The molecule has 1 aromatic heterocycles. The Balaban J connectivity index is 2.30. The van der Waals surface area contributed by atoms with Gasteiger partial charge in [-0.25, -0.2) is 4.68 Å². The van der Waals surface area contributed by atoms with E-state index in [4.69, 9.17) is 4.74 Å². The largest absolute Gasteiger partial charge is 0.481 e. The minimum absolute atomic E-state index is 0.262. The van der Waals surface area contributed by atoms with Gasteiger partial charge in [-0.1, -0.05) is 0 Å². The number of rotatable bonds is 2. The van der Waals surface area contributed by atoms with Gasteiger partial charge >= 0.3 is 0 Å². The zero-order chi connectivity index (χ0) is 11.0. The molecule has 0 aliphatic carbocycles. The number of aromatic nitrogens is 2. The number of Topliss-reactive ketones (excluding diaryl/α,β-unsaturated/α-hetero) is 1. The predicted molar refractivity (Wildman–Crippen MR) is 51.7 cm³/mol. The van der Waals surface area contributed by atoms with Crippen molar-refractivity contribution in [3.8, 4) is 5.88 Å². The van der Waals surface area contributed by atoms with Crippen LogP contribution in [0.15, 0.2) is 6.07 Å². The Morgan fingerprint density at radius 3 is 2.67 bits per heavy atom.